The number of hydrogen-bond donors (Lipinski definition) is 1. The summed E-state index contributed by atoms with van der Waals surface area (Å²) in [6.45, 7) is -0.847. The van der Waals surface area contributed by atoms with Crippen LogP contribution in [0.1, 0.15) is 17.1 Å². The van der Waals surface area contributed by atoms with Crippen LogP contribution in [-0.4, -0.2) is 41.0 Å². The molecule has 1 aromatic heterocycles. The Morgan fingerprint density at radius 1 is 1.43 bits per heavy atom. The SMILES string of the molecule is CO/N=C(/C(=O)OC)c1cnc(C(F)(F)F)nc1CO.[Y]. The zero-order valence-corrected chi connectivity index (χ0v) is 13.8. The number of aliphatic hydroxyl groups excluding tert-OH is 1. The second-order valence-corrected chi connectivity index (χ2v) is 3.32. The Morgan fingerprint density at radius 3 is 2.48 bits per heavy atom. The molecule has 0 saturated carbocycles. The van der Waals surface area contributed by atoms with E-state index in [0.29, 0.717) is 0 Å². The fraction of sp³-hybridized carbons (Fsp3) is 0.400. The third-order valence-corrected chi connectivity index (χ3v) is 2.09. The van der Waals surface area contributed by atoms with E-state index in [2.05, 4.69) is 24.7 Å². The summed E-state index contributed by atoms with van der Waals surface area (Å²) in [5, 5.41) is 12.4. The molecule has 0 amide bonds. The molecule has 0 spiro atoms. The van der Waals surface area contributed by atoms with Gasteiger partial charge >= 0.3 is 12.1 Å². The molecule has 0 fully saturated rings. The monoisotopic (exact) mass is 382 g/mol. The molecule has 0 aliphatic rings. The van der Waals surface area contributed by atoms with Crippen LogP contribution in [0.2, 0.25) is 0 Å². The van der Waals surface area contributed by atoms with E-state index in [4.69, 9.17) is 5.11 Å². The van der Waals surface area contributed by atoms with Crippen molar-refractivity contribution in [1.29, 1.82) is 0 Å². The van der Waals surface area contributed by atoms with Gasteiger partial charge in [0.2, 0.25) is 5.82 Å². The van der Waals surface area contributed by atoms with Gasteiger partial charge in [-0.1, -0.05) is 5.16 Å². The minimum Gasteiger partial charge on any atom is -0.464 e. The van der Waals surface area contributed by atoms with Crippen LogP contribution in [-0.2, 0) is 59.9 Å². The van der Waals surface area contributed by atoms with Crippen molar-refractivity contribution in [3.05, 3.63) is 23.3 Å². The Labute approximate surface area is 142 Å². The van der Waals surface area contributed by atoms with E-state index in [1.54, 1.807) is 0 Å². The summed E-state index contributed by atoms with van der Waals surface area (Å²) in [7, 11) is 2.18. The van der Waals surface area contributed by atoms with Crippen LogP contribution in [0, 0.1) is 0 Å². The second-order valence-electron chi connectivity index (χ2n) is 3.32. The van der Waals surface area contributed by atoms with Gasteiger partial charge in [-0.05, 0) is 0 Å². The van der Waals surface area contributed by atoms with E-state index >= 15 is 0 Å². The Morgan fingerprint density at radius 2 is 2.05 bits per heavy atom. The molecule has 1 rings (SSSR count). The molecule has 1 N–H and O–H groups in total. The number of nitrogens with zero attached hydrogens (tertiary/aromatic N) is 3. The molecule has 11 heteroatoms. The normalized spacial score (nSPS) is 11.6. The minimum absolute atomic E-state index is 0. The zero-order valence-electron chi connectivity index (χ0n) is 11.0. The summed E-state index contributed by atoms with van der Waals surface area (Å²) in [6, 6.07) is 0. The average Bonchev–Trinajstić information content (AvgIpc) is 2.42. The van der Waals surface area contributed by atoms with Gasteiger partial charge in [0.15, 0.2) is 5.71 Å². The first-order valence-corrected chi connectivity index (χ1v) is 5.09. The quantitative estimate of drug-likeness (QED) is 0.464. The van der Waals surface area contributed by atoms with Crippen molar-refractivity contribution in [2.45, 2.75) is 12.8 Å². The first-order valence-electron chi connectivity index (χ1n) is 5.09. The van der Waals surface area contributed by atoms with E-state index in [1.807, 2.05) is 0 Å². The molecule has 0 saturated heterocycles. The molecule has 0 aliphatic carbocycles. The van der Waals surface area contributed by atoms with Crippen LogP contribution in [0.4, 0.5) is 13.2 Å². The first-order chi connectivity index (χ1) is 9.35. The summed E-state index contributed by atoms with van der Waals surface area (Å²) in [4.78, 5) is 22.1. The minimum atomic E-state index is -4.77. The molecule has 1 radical (unpaired) electrons. The Balaban J connectivity index is 0.00000400. The fourth-order valence-corrected chi connectivity index (χ4v) is 1.26. The number of aromatic nitrogens is 2. The number of ether oxygens (including phenoxy) is 1. The number of hydrogen-bond acceptors (Lipinski definition) is 7. The van der Waals surface area contributed by atoms with E-state index in [1.165, 1.54) is 0 Å². The predicted octanol–water partition coefficient (Wildman–Crippen LogP) is 0.509. The molecule has 1 aromatic rings. The standard InChI is InChI=1S/C10H10F3N3O4.Y/c1-19-8(18)7(16-20-2)5-3-14-9(10(11,12)13)15-6(5)4-17;/h3,17H,4H2,1-2H3;/b16-7+;. The molecular formula is C10H10F3N3O4Y. The van der Waals surface area contributed by atoms with Gasteiger partial charge in [-0.15, -0.1) is 0 Å². The van der Waals surface area contributed by atoms with Gasteiger partial charge in [0.05, 0.1) is 25.0 Å². The Kier molecular flexibility index (Phi) is 7.90. The molecule has 0 unspecified atom stereocenters. The van der Waals surface area contributed by atoms with Gasteiger partial charge in [0, 0.05) is 38.9 Å². The predicted molar refractivity (Wildman–Crippen MR) is 58.5 cm³/mol. The van der Waals surface area contributed by atoms with Crippen molar-refractivity contribution in [1.82, 2.24) is 9.97 Å². The third kappa shape index (κ3) is 4.97. The van der Waals surface area contributed by atoms with Crippen molar-refractivity contribution in [2.75, 3.05) is 14.2 Å². The van der Waals surface area contributed by atoms with Crippen LogP contribution >= 0.6 is 0 Å². The van der Waals surface area contributed by atoms with Crippen LogP contribution in [0.5, 0.6) is 0 Å². The summed E-state index contributed by atoms with van der Waals surface area (Å²) < 4.78 is 41.8. The van der Waals surface area contributed by atoms with Crippen molar-refractivity contribution < 1.29 is 65.4 Å². The number of rotatable bonds is 4. The largest absolute Gasteiger partial charge is 0.464 e. The van der Waals surface area contributed by atoms with E-state index < -0.39 is 36.0 Å². The first kappa shape index (κ1) is 19.9. The third-order valence-electron chi connectivity index (χ3n) is 2.09. The van der Waals surface area contributed by atoms with E-state index in [-0.39, 0.29) is 38.3 Å². The van der Waals surface area contributed by atoms with E-state index in [0.717, 1.165) is 20.4 Å². The number of aliphatic hydroxyl groups is 1. The van der Waals surface area contributed by atoms with Gasteiger partial charge in [-0.25, -0.2) is 14.8 Å². The molecule has 113 valence electrons. The maximum atomic E-state index is 12.5. The Hall–Kier alpha value is -1.13. The number of carbonyl (C=O) groups excluding carboxylic acids is 1. The summed E-state index contributed by atoms with van der Waals surface area (Å²) in [6.07, 6.45) is -4.05. The molecule has 0 atom stereocenters. The zero-order chi connectivity index (χ0) is 15.3. The van der Waals surface area contributed by atoms with Gasteiger partial charge in [-0.3, -0.25) is 0 Å². The van der Waals surface area contributed by atoms with Crippen LogP contribution in [0.15, 0.2) is 11.4 Å². The maximum Gasteiger partial charge on any atom is 0.451 e. The number of halogens is 3. The van der Waals surface area contributed by atoms with Gasteiger partial charge in [0.25, 0.3) is 0 Å². The van der Waals surface area contributed by atoms with Crippen molar-refractivity contribution in [3.63, 3.8) is 0 Å². The topological polar surface area (TPSA) is 93.9 Å². The number of alkyl halides is 3. The van der Waals surface area contributed by atoms with Gasteiger partial charge in [-0.2, -0.15) is 13.2 Å². The van der Waals surface area contributed by atoms with Crippen molar-refractivity contribution in [2.24, 2.45) is 5.16 Å². The van der Waals surface area contributed by atoms with E-state index in [9.17, 15) is 18.0 Å². The summed E-state index contributed by atoms with van der Waals surface area (Å²) in [5.74, 6) is -2.41. The Bertz CT molecular complexity index is 537. The van der Waals surface area contributed by atoms with Crippen molar-refractivity contribution >= 4 is 11.7 Å². The average molecular weight is 382 g/mol. The molecule has 0 aromatic carbocycles. The van der Waals surface area contributed by atoms with Crippen LogP contribution in [0.3, 0.4) is 0 Å². The molecule has 0 bridgehead atoms. The fourth-order valence-electron chi connectivity index (χ4n) is 1.26. The number of methoxy groups -OCH3 is 1. The second kappa shape index (κ2) is 8.35. The smallest absolute Gasteiger partial charge is 0.451 e. The van der Waals surface area contributed by atoms with Crippen LogP contribution in [0.25, 0.3) is 0 Å². The molecule has 21 heavy (non-hydrogen) atoms. The molecular weight excluding hydrogens is 372 g/mol. The van der Waals surface area contributed by atoms with Crippen LogP contribution < -0.4 is 0 Å². The van der Waals surface area contributed by atoms with Crippen molar-refractivity contribution in [3.8, 4) is 0 Å². The van der Waals surface area contributed by atoms with Gasteiger partial charge < -0.3 is 14.7 Å². The molecule has 1 heterocycles. The molecule has 0 aliphatic heterocycles. The number of oxime groups is 1. The number of esters is 1. The summed E-state index contributed by atoms with van der Waals surface area (Å²) in [5.41, 5.74) is -1.09. The number of carbonyl (C=O) groups is 1. The summed E-state index contributed by atoms with van der Waals surface area (Å²) >= 11 is 0. The van der Waals surface area contributed by atoms with Gasteiger partial charge in [0.1, 0.15) is 7.11 Å². The molecule has 7 nitrogen and oxygen atoms in total. The maximum absolute atomic E-state index is 12.5.